The number of carboxylic acid groups (broad SMARTS) is 1. The fraction of sp³-hybridized carbons (Fsp3) is 0.533. The lowest BCUT2D eigenvalue weighted by Gasteiger charge is -2.22. The van der Waals surface area contributed by atoms with Gasteiger partial charge in [0.25, 0.3) is 5.92 Å². The van der Waals surface area contributed by atoms with E-state index in [0.29, 0.717) is 25.4 Å². The van der Waals surface area contributed by atoms with Crippen LogP contribution < -0.4 is 15.2 Å². The van der Waals surface area contributed by atoms with E-state index in [-0.39, 0.29) is 29.7 Å². The van der Waals surface area contributed by atoms with Gasteiger partial charge in [0, 0.05) is 31.4 Å². The summed E-state index contributed by atoms with van der Waals surface area (Å²) in [5.41, 5.74) is 5.86. The molecule has 0 spiro atoms. The molecule has 0 bridgehead atoms. The van der Waals surface area contributed by atoms with Gasteiger partial charge in [-0.05, 0) is 24.1 Å². The van der Waals surface area contributed by atoms with Gasteiger partial charge in [-0.2, -0.15) is 0 Å². The molecule has 2 rings (SSSR count). The van der Waals surface area contributed by atoms with Crippen LogP contribution in [0.15, 0.2) is 12.1 Å². The van der Waals surface area contributed by atoms with E-state index < -0.39 is 17.9 Å². The Balaban J connectivity index is 2.41. The van der Waals surface area contributed by atoms with Crippen LogP contribution >= 0.6 is 0 Å². The number of fused-ring (bicyclic) bond motifs is 1. The molecule has 3 N–H and O–H groups in total. The van der Waals surface area contributed by atoms with Crippen LogP contribution in [0.4, 0.5) is 8.78 Å². The zero-order valence-electron chi connectivity index (χ0n) is 12.3. The maximum Gasteiger partial charge on any atom is 0.303 e. The predicted molar refractivity (Wildman–Crippen MR) is 75.4 cm³/mol. The average Bonchev–Trinajstić information content (AvgIpc) is 2.66. The van der Waals surface area contributed by atoms with Gasteiger partial charge in [0.05, 0.1) is 13.2 Å². The maximum atomic E-state index is 13.9. The number of alkyl halides is 2. The summed E-state index contributed by atoms with van der Waals surface area (Å²) in [5, 5.41) is 8.72. The normalized spacial score (nSPS) is 16.0. The highest BCUT2D eigenvalue weighted by molar-refractivity contribution is 5.66. The molecule has 5 nitrogen and oxygen atoms in total. The summed E-state index contributed by atoms with van der Waals surface area (Å²) in [4.78, 5) is 10.6. The van der Waals surface area contributed by atoms with Gasteiger partial charge in [-0.25, -0.2) is 8.78 Å². The van der Waals surface area contributed by atoms with Crippen LogP contribution in [0.2, 0.25) is 0 Å². The van der Waals surface area contributed by atoms with Crippen molar-refractivity contribution in [1.29, 1.82) is 0 Å². The van der Waals surface area contributed by atoms with E-state index >= 15 is 0 Å². The molecule has 0 saturated heterocycles. The van der Waals surface area contributed by atoms with E-state index in [4.69, 9.17) is 20.3 Å². The lowest BCUT2D eigenvalue weighted by atomic mass is 9.93. The Morgan fingerprint density at radius 2 is 1.95 bits per heavy atom. The van der Waals surface area contributed by atoms with Gasteiger partial charge < -0.3 is 20.3 Å². The minimum absolute atomic E-state index is 0.0675. The van der Waals surface area contributed by atoms with Crippen LogP contribution in [-0.4, -0.2) is 24.3 Å². The molecule has 1 unspecified atom stereocenters. The van der Waals surface area contributed by atoms with Gasteiger partial charge in [0.1, 0.15) is 0 Å². The quantitative estimate of drug-likeness (QED) is 0.873. The largest absolute Gasteiger partial charge is 0.490 e. The summed E-state index contributed by atoms with van der Waals surface area (Å²) >= 11 is 0. The van der Waals surface area contributed by atoms with Gasteiger partial charge in [0.15, 0.2) is 11.5 Å². The Morgan fingerprint density at radius 1 is 1.36 bits per heavy atom. The van der Waals surface area contributed by atoms with E-state index in [9.17, 15) is 13.6 Å². The number of rotatable bonds is 5. The third-order valence-electron chi connectivity index (χ3n) is 3.46. The average molecular weight is 315 g/mol. The van der Waals surface area contributed by atoms with E-state index in [1.54, 1.807) is 0 Å². The van der Waals surface area contributed by atoms with Crippen LogP contribution in [-0.2, 0) is 10.7 Å². The number of carboxylic acids is 1. The molecule has 0 aliphatic carbocycles. The van der Waals surface area contributed by atoms with Crippen LogP contribution in [0.25, 0.3) is 0 Å². The van der Waals surface area contributed by atoms with Gasteiger partial charge in [-0.15, -0.1) is 0 Å². The van der Waals surface area contributed by atoms with E-state index in [0.717, 1.165) is 6.92 Å². The van der Waals surface area contributed by atoms with Crippen molar-refractivity contribution >= 4 is 5.97 Å². The standard InChI is InChI=1S/C15H19F2NO4/c1-15(16,17)10-8-13-12(21-5-2-6-22-13)7-9(10)11(18)3-4-14(19)20/h7-8,11H,2-6,18H2,1H3,(H,19,20). The van der Waals surface area contributed by atoms with Crippen molar-refractivity contribution in [2.45, 2.75) is 38.2 Å². The zero-order valence-corrected chi connectivity index (χ0v) is 12.3. The first kappa shape index (κ1) is 16.5. The molecule has 22 heavy (non-hydrogen) atoms. The third-order valence-corrected chi connectivity index (χ3v) is 3.46. The summed E-state index contributed by atoms with van der Waals surface area (Å²) in [5.74, 6) is -3.50. The first-order valence-corrected chi connectivity index (χ1v) is 7.08. The molecular formula is C15H19F2NO4. The molecule has 1 aliphatic heterocycles. The highest BCUT2D eigenvalue weighted by atomic mass is 19.3. The monoisotopic (exact) mass is 315 g/mol. The van der Waals surface area contributed by atoms with Crippen molar-refractivity contribution < 1.29 is 28.2 Å². The minimum Gasteiger partial charge on any atom is -0.490 e. The minimum atomic E-state index is -3.11. The van der Waals surface area contributed by atoms with Crippen molar-refractivity contribution in [2.24, 2.45) is 5.73 Å². The SMILES string of the molecule is CC(F)(F)c1cc2c(cc1C(N)CCC(=O)O)OCCCO2. The first-order chi connectivity index (χ1) is 10.3. The third kappa shape index (κ3) is 3.85. The number of halogens is 2. The first-order valence-electron chi connectivity index (χ1n) is 7.08. The van der Waals surface area contributed by atoms with Gasteiger partial charge in [-0.1, -0.05) is 0 Å². The second kappa shape index (κ2) is 6.48. The molecule has 1 atom stereocenters. The second-order valence-corrected chi connectivity index (χ2v) is 5.36. The molecule has 7 heteroatoms. The molecule has 122 valence electrons. The molecular weight excluding hydrogens is 296 g/mol. The predicted octanol–water partition coefficient (Wildman–Crippen LogP) is 2.82. The molecule has 1 aromatic rings. The fourth-order valence-electron chi connectivity index (χ4n) is 2.35. The summed E-state index contributed by atoms with van der Waals surface area (Å²) in [6.07, 6.45) is 0.537. The number of hydrogen-bond acceptors (Lipinski definition) is 4. The summed E-state index contributed by atoms with van der Waals surface area (Å²) < 4.78 is 38.7. The molecule has 0 radical (unpaired) electrons. The highest BCUT2D eigenvalue weighted by Gasteiger charge is 2.32. The number of aliphatic carboxylic acids is 1. The Morgan fingerprint density at radius 3 is 2.50 bits per heavy atom. The number of hydrogen-bond donors (Lipinski definition) is 2. The molecule has 1 heterocycles. The number of carbonyl (C=O) groups is 1. The maximum absolute atomic E-state index is 13.9. The molecule has 1 aromatic carbocycles. The van der Waals surface area contributed by atoms with Gasteiger partial charge >= 0.3 is 5.97 Å². The Labute approximate surface area is 127 Å². The summed E-state index contributed by atoms with van der Waals surface area (Å²) in [7, 11) is 0. The number of ether oxygens (including phenoxy) is 2. The Kier molecular flexibility index (Phi) is 4.85. The van der Waals surface area contributed by atoms with Crippen molar-refractivity contribution in [3.05, 3.63) is 23.3 Å². The van der Waals surface area contributed by atoms with Crippen LogP contribution in [0, 0.1) is 0 Å². The lowest BCUT2D eigenvalue weighted by Crippen LogP contribution is -2.19. The second-order valence-electron chi connectivity index (χ2n) is 5.36. The molecule has 0 aromatic heterocycles. The number of nitrogens with two attached hydrogens (primary N) is 1. The molecule has 0 saturated carbocycles. The summed E-state index contributed by atoms with van der Waals surface area (Å²) in [6.45, 7) is 1.60. The van der Waals surface area contributed by atoms with E-state index in [1.165, 1.54) is 12.1 Å². The van der Waals surface area contributed by atoms with Crippen molar-refractivity contribution in [2.75, 3.05) is 13.2 Å². The highest BCUT2D eigenvalue weighted by Crippen LogP contribution is 2.41. The zero-order chi connectivity index (χ0) is 16.3. The fourth-order valence-corrected chi connectivity index (χ4v) is 2.35. The molecule has 0 amide bonds. The molecule has 1 aliphatic rings. The van der Waals surface area contributed by atoms with Crippen molar-refractivity contribution in [3.8, 4) is 11.5 Å². The number of benzene rings is 1. The van der Waals surface area contributed by atoms with Gasteiger partial charge in [0.2, 0.25) is 0 Å². The smallest absolute Gasteiger partial charge is 0.303 e. The van der Waals surface area contributed by atoms with E-state index in [1.807, 2.05) is 0 Å². The Hall–Kier alpha value is -1.89. The van der Waals surface area contributed by atoms with E-state index in [2.05, 4.69) is 0 Å². The lowest BCUT2D eigenvalue weighted by molar-refractivity contribution is -0.137. The molecule has 0 fully saturated rings. The van der Waals surface area contributed by atoms with Crippen LogP contribution in [0.3, 0.4) is 0 Å². The van der Waals surface area contributed by atoms with Crippen LogP contribution in [0.5, 0.6) is 11.5 Å². The van der Waals surface area contributed by atoms with Crippen molar-refractivity contribution in [3.63, 3.8) is 0 Å². The van der Waals surface area contributed by atoms with Crippen LogP contribution in [0.1, 0.15) is 43.4 Å². The topological polar surface area (TPSA) is 81.8 Å². The van der Waals surface area contributed by atoms with Gasteiger partial charge in [-0.3, -0.25) is 4.79 Å². The summed E-state index contributed by atoms with van der Waals surface area (Å²) in [6, 6.07) is 1.88. The van der Waals surface area contributed by atoms with Crippen molar-refractivity contribution in [1.82, 2.24) is 0 Å². The Bertz CT molecular complexity index is 557.